The zero-order chi connectivity index (χ0) is 22.4. The van der Waals surface area contributed by atoms with E-state index in [2.05, 4.69) is 10.2 Å². The summed E-state index contributed by atoms with van der Waals surface area (Å²) in [6.45, 7) is 1.92. The third-order valence-electron chi connectivity index (χ3n) is 5.25. The Kier molecular flexibility index (Phi) is 5.03. The van der Waals surface area contributed by atoms with Crippen LogP contribution in [0.3, 0.4) is 0 Å². The van der Waals surface area contributed by atoms with Crippen molar-refractivity contribution in [3.05, 3.63) is 67.7 Å². The van der Waals surface area contributed by atoms with Gasteiger partial charge in [0.2, 0.25) is 5.78 Å². The van der Waals surface area contributed by atoms with Crippen molar-refractivity contribution in [3.63, 3.8) is 0 Å². The summed E-state index contributed by atoms with van der Waals surface area (Å²) in [4.78, 5) is 26.7. The maximum atomic E-state index is 12.8. The molecular formula is C22H18N4O4S2. The molecule has 0 radical (unpaired) electrons. The highest BCUT2D eigenvalue weighted by atomic mass is 32.1. The lowest BCUT2D eigenvalue weighted by Crippen LogP contribution is -2.19. The van der Waals surface area contributed by atoms with Crippen LogP contribution in [0.15, 0.2) is 46.6 Å². The van der Waals surface area contributed by atoms with Gasteiger partial charge in [-0.05, 0) is 47.7 Å². The SMILES string of the molecule is COc1ccc(-c2cc(C(=O)OCc3nnc4n(C)c(=O)c5sccc5n34)sc2C)cc1. The molecule has 0 unspecified atom stereocenters. The molecule has 162 valence electrons. The first-order chi connectivity index (χ1) is 15.5. The minimum absolute atomic E-state index is 0.0576. The minimum atomic E-state index is -0.430. The largest absolute Gasteiger partial charge is 0.497 e. The number of carbonyl (C=O) groups excluding carboxylic acids is 1. The average molecular weight is 467 g/mol. The minimum Gasteiger partial charge on any atom is -0.497 e. The Labute approximate surface area is 190 Å². The fourth-order valence-electron chi connectivity index (χ4n) is 3.59. The number of esters is 1. The Hall–Kier alpha value is -3.50. The molecule has 5 rings (SSSR count). The molecule has 0 saturated heterocycles. The number of ether oxygens (including phenoxy) is 2. The lowest BCUT2D eigenvalue weighted by molar-refractivity contribution is 0.0467. The Balaban J connectivity index is 1.41. The maximum absolute atomic E-state index is 12.8. The Bertz CT molecular complexity index is 1530. The molecule has 0 spiro atoms. The van der Waals surface area contributed by atoms with Gasteiger partial charge in [0.1, 0.15) is 15.3 Å². The van der Waals surface area contributed by atoms with Gasteiger partial charge in [-0.15, -0.1) is 32.9 Å². The first-order valence-electron chi connectivity index (χ1n) is 9.70. The summed E-state index contributed by atoms with van der Waals surface area (Å²) >= 11 is 2.74. The molecule has 5 aromatic rings. The molecule has 0 N–H and O–H groups in total. The van der Waals surface area contributed by atoms with Crippen molar-refractivity contribution in [2.75, 3.05) is 7.11 Å². The molecule has 32 heavy (non-hydrogen) atoms. The molecule has 10 heteroatoms. The summed E-state index contributed by atoms with van der Waals surface area (Å²) in [5, 5.41) is 10.1. The van der Waals surface area contributed by atoms with Gasteiger partial charge in [0.15, 0.2) is 12.4 Å². The van der Waals surface area contributed by atoms with E-state index in [1.807, 2.05) is 48.7 Å². The number of aryl methyl sites for hydroxylation is 2. The van der Waals surface area contributed by atoms with Gasteiger partial charge in [0.25, 0.3) is 5.56 Å². The van der Waals surface area contributed by atoms with E-state index in [1.165, 1.54) is 27.2 Å². The van der Waals surface area contributed by atoms with Crippen molar-refractivity contribution in [3.8, 4) is 16.9 Å². The predicted octanol–water partition coefficient (Wildman–Crippen LogP) is 4.05. The van der Waals surface area contributed by atoms with E-state index < -0.39 is 5.97 Å². The fourth-order valence-corrected chi connectivity index (χ4v) is 5.37. The lowest BCUT2D eigenvalue weighted by atomic mass is 10.1. The van der Waals surface area contributed by atoms with Crippen LogP contribution in [0.1, 0.15) is 20.4 Å². The predicted molar refractivity (Wildman–Crippen MR) is 124 cm³/mol. The molecule has 0 amide bonds. The van der Waals surface area contributed by atoms with Crippen molar-refractivity contribution in [1.29, 1.82) is 0 Å². The van der Waals surface area contributed by atoms with E-state index >= 15 is 0 Å². The van der Waals surface area contributed by atoms with Crippen LogP contribution in [0, 0.1) is 6.92 Å². The van der Waals surface area contributed by atoms with Crippen LogP contribution < -0.4 is 10.3 Å². The van der Waals surface area contributed by atoms with Crippen molar-refractivity contribution < 1.29 is 14.3 Å². The van der Waals surface area contributed by atoms with Crippen molar-refractivity contribution in [1.82, 2.24) is 19.2 Å². The summed E-state index contributed by atoms with van der Waals surface area (Å²) in [5.74, 6) is 1.21. The lowest BCUT2D eigenvalue weighted by Gasteiger charge is -2.05. The second-order valence-electron chi connectivity index (χ2n) is 7.14. The van der Waals surface area contributed by atoms with E-state index in [9.17, 15) is 9.59 Å². The second-order valence-corrected chi connectivity index (χ2v) is 9.31. The molecule has 0 aliphatic rings. The van der Waals surface area contributed by atoms with Gasteiger partial charge in [-0.1, -0.05) is 12.1 Å². The highest BCUT2D eigenvalue weighted by Gasteiger charge is 2.19. The molecule has 0 aliphatic carbocycles. The van der Waals surface area contributed by atoms with Crippen LogP contribution in [0.2, 0.25) is 0 Å². The van der Waals surface area contributed by atoms with Crippen LogP contribution in [-0.4, -0.2) is 32.2 Å². The number of benzene rings is 1. The van der Waals surface area contributed by atoms with Crippen LogP contribution >= 0.6 is 22.7 Å². The van der Waals surface area contributed by atoms with Gasteiger partial charge in [-0.2, -0.15) is 0 Å². The maximum Gasteiger partial charge on any atom is 0.348 e. The number of hydrogen-bond donors (Lipinski definition) is 0. The third-order valence-corrected chi connectivity index (χ3v) is 7.17. The molecule has 1 aromatic carbocycles. The average Bonchev–Trinajstić information content (AvgIpc) is 3.54. The number of thiophene rings is 2. The summed E-state index contributed by atoms with van der Waals surface area (Å²) in [6.07, 6.45) is 0. The highest BCUT2D eigenvalue weighted by Crippen LogP contribution is 2.32. The van der Waals surface area contributed by atoms with Gasteiger partial charge in [-0.25, -0.2) is 4.79 Å². The van der Waals surface area contributed by atoms with Crippen LogP contribution in [-0.2, 0) is 18.4 Å². The van der Waals surface area contributed by atoms with E-state index in [-0.39, 0.29) is 12.2 Å². The van der Waals surface area contributed by atoms with Gasteiger partial charge < -0.3 is 9.47 Å². The van der Waals surface area contributed by atoms with Gasteiger partial charge in [0, 0.05) is 11.9 Å². The number of aromatic nitrogens is 4. The number of rotatable bonds is 5. The molecule has 0 saturated carbocycles. The molecule has 0 bridgehead atoms. The molecule has 4 aromatic heterocycles. The van der Waals surface area contributed by atoms with Gasteiger partial charge >= 0.3 is 5.97 Å². The molecular weight excluding hydrogens is 448 g/mol. The Morgan fingerprint density at radius 3 is 2.69 bits per heavy atom. The van der Waals surface area contributed by atoms with Crippen molar-refractivity contribution >= 4 is 44.6 Å². The quantitative estimate of drug-likeness (QED) is 0.363. The second kappa shape index (κ2) is 7.88. The number of fused-ring (bicyclic) bond motifs is 3. The molecule has 4 heterocycles. The fraction of sp³-hybridized carbons (Fsp3) is 0.182. The normalized spacial score (nSPS) is 11.3. The van der Waals surface area contributed by atoms with E-state index in [4.69, 9.17) is 9.47 Å². The van der Waals surface area contributed by atoms with Crippen LogP contribution in [0.5, 0.6) is 5.75 Å². The highest BCUT2D eigenvalue weighted by molar-refractivity contribution is 7.17. The standard InChI is InChI=1S/C22H18N4O4S2/c1-12-15(13-4-6-14(29-3)7-5-13)10-17(32-12)21(28)30-11-18-23-24-22-25(2)20(27)19-16(26(18)22)8-9-31-19/h4-10H,11H2,1-3H3. The molecule has 0 aliphatic heterocycles. The molecule has 8 nitrogen and oxygen atoms in total. The van der Waals surface area contributed by atoms with E-state index in [0.29, 0.717) is 26.7 Å². The van der Waals surface area contributed by atoms with E-state index in [1.54, 1.807) is 18.6 Å². The topological polar surface area (TPSA) is 87.7 Å². The zero-order valence-electron chi connectivity index (χ0n) is 17.5. The summed E-state index contributed by atoms with van der Waals surface area (Å²) in [5.41, 5.74) is 2.56. The smallest absolute Gasteiger partial charge is 0.348 e. The van der Waals surface area contributed by atoms with Crippen molar-refractivity contribution in [2.24, 2.45) is 7.05 Å². The summed E-state index contributed by atoms with van der Waals surface area (Å²) in [7, 11) is 3.27. The summed E-state index contributed by atoms with van der Waals surface area (Å²) < 4.78 is 14.6. The van der Waals surface area contributed by atoms with Crippen LogP contribution in [0.4, 0.5) is 0 Å². The zero-order valence-corrected chi connectivity index (χ0v) is 19.1. The number of nitrogens with zero attached hydrogens (tertiary/aromatic N) is 4. The number of carbonyl (C=O) groups is 1. The molecule has 0 atom stereocenters. The Morgan fingerprint density at radius 2 is 1.94 bits per heavy atom. The van der Waals surface area contributed by atoms with Crippen molar-refractivity contribution in [2.45, 2.75) is 13.5 Å². The molecule has 0 fully saturated rings. The number of hydrogen-bond acceptors (Lipinski definition) is 8. The first kappa shape index (κ1) is 20.4. The summed E-state index contributed by atoms with van der Waals surface area (Å²) in [6, 6.07) is 11.4. The van der Waals surface area contributed by atoms with Gasteiger partial charge in [0.05, 0.1) is 12.6 Å². The van der Waals surface area contributed by atoms with E-state index in [0.717, 1.165) is 21.8 Å². The third kappa shape index (κ3) is 3.28. The number of methoxy groups -OCH3 is 1. The Morgan fingerprint density at radius 1 is 1.16 bits per heavy atom. The first-order valence-corrected chi connectivity index (χ1v) is 11.4. The van der Waals surface area contributed by atoms with Gasteiger partial charge in [-0.3, -0.25) is 13.8 Å². The van der Waals surface area contributed by atoms with Crippen LogP contribution in [0.25, 0.3) is 27.1 Å². The monoisotopic (exact) mass is 466 g/mol.